The molecule has 0 amide bonds. The quantitative estimate of drug-likeness (QED) is 0.634. The van der Waals surface area contributed by atoms with E-state index in [1.54, 1.807) is 13.8 Å². The molecule has 3 nitrogen and oxygen atoms in total. The molecular formula is C27H40O3. The number of carbonyl (C=O) groups is 1. The number of rotatable bonds is 2. The van der Waals surface area contributed by atoms with Crippen molar-refractivity contribution in [3.8, 4) is 11.8 Å². The molecular weight excluding hydrogens is 372 g/mol. The van der Waals surface area contributed by atoms with Gasteiger partial charge in [0.1, 0.15) is 5.60 Å². The molecule has 0 aromatic heterocycles. The van der Waals surface area contributed by atoms with Gasteiger partial charge in [-0.25, -0.2) is 0 Å². The van der Waals surface area contributed by atoms with Gasteiger partial charge in [0, 0.05) is 12.3 Å². The van der Waals surface area contributed by atoms with E-state index in [0.29, 0.717) is 35.9 Å². The third-order valence-electron chi connectivity index (χ3n) is 9.50. The number of aliphatic hydroxyl groups is 2. The summed E-state index contributed by atoms with van der Waals surface area (Å²) in [5.74, 6) is 8.70. The number of allylic oxidation sites excluding steroid dienone is 1. The van der Waals surface area contributed by atoms with Gasteiger partial charge in [0.2, 0.25) is 0 Å². The van der Waals surface area contributed by atoms with Crippen LogP contribution in [0.25, 0.3) is 0 Å². The Balaban J connectivity index is 1.57. The average molecular weight is 413 g/mol. The molecule has 0 aromatic carbocycles. The Hall–Kier alpha value is -1.11. The maximum atomic E-state index is 13.4. The van der Waals surface area contributed by atoms with E-state index in [0.717, 1.165) is 32.1 Å². The molecule has 4 aliphatic carbocycles. The number of ketones is 1. The van der Waals surface area contributed by atoms with Crippen LogP contribution in [-0.4, -0.2) is 27.7 Å². The molecule has 0 aromatic rings. The first-order valence-corrected chi connectivity index (χ1v) is 12.1. The summed E-state index contributed by atoms with van der Waals surface area (Å²) in [7, 11) is 0. The summed E-state index contributed by atoms with van der Waals surface area (Å²) in [6.45, 7) is 10.6. The van der Waals surface area contributed by atoms with Crippen LogP contribution in [0, 0.1) is 52.3 Å². The molecule has 3 heteroatoms. The van der Waals surface area contributed by atoms with Crippen molar-refractivity contribution in [1.82, 2.24) is 0 Å². The highest BCUT2D eigenvalue weighted by atomic mass is 16.3. The molecule has 0 radical (unpaired) electrons. The van der Waals surface area contributed by atoms with Crippen molar-refractivity contribution in [3.05, 3.63) is 11.6 Å². The van der Waals surface area contributed by atoms with E-state index in [2.05, 4.69) is 32.6 Å². The molecule has 166 valence electrons. The second kappa shape index (κ2) is 7.49. The lowest BCUT2D eigenvalue weighted by Crippen LogP contribution is -2.53. The largest absolute Gasteiger partial charge is 0.393 e. The molecule has 4 aliphatic rings. The minimum Gasteiger partial charge on any atom is -0.393 e. The Morgan fingerprint density at radius 1 is 1.17 bits per heavy atom. The van der Waals surface area contributed by atoms with Gasteiger partial charge in [0.05, 0.1) is 6.10 Å². The van der Waals surface area contributed by atoms with E-state index < -0.39 is 5.60 Å². The lowest BCUT2D eigenvalue weighted by Gasteiger charge is -2.57. The highest BCUT2D eigenvalue weighted by Crippen LogP contribution is 2.66. The Kier molecular flexibility index (Phi) is 5.52. The van der Waals surface area contributed by atoms with Crippen LogP contribution in [-0.2, 0) is 4.79 Å². The van der Waals surface area contributed by atoms with E-state index in [1.807, 2.05) is 6.08 Å². The summed E-state index contributed by atoms with van der Waals surface area (Å²) in [6.07, 6.45) is 9.74. The molecule has 0 heterocycles. The molecule has 0 spiro atoms. The minimum atomic E-state index is -0.929. The zero-order chi connectivity index (χ0) is 21.9. The van der Waals surface area contributed by atoms with E-state index >= 15 is 0 Å². The van der Waals surface area contributed by atoms with Crippen molar-refractivity contribution in [2.75, 3.05) is 0 Å². The summed E-state index contributed by atoms with van der Waals surface area (Å²) in [5.41, 5.74) is 0.603. The number of fused-ring (bicyclic) bond motifs is 5. The lowest BCUT2D eigenvalue weighted by molar-refractivity contribution is -0.135. The van der Waals surface area contributed by atoms with Crippen LogP contribution in [0.15, 0.2) is 11.6 Å². The van der Waals surface area contributed by atoms with Crippen LogP contribution in [0.1, 0.15) is 86.0 Å². The molecule has 30 heavy (non-hydrogen) atoms. The monoisotopic (exact) mass is 412 g/mol. The molecule has 0 bridgehead atoms. The number of hydrogen-bond acceptors (Lipinski definition) is 3. The summed E-state index contributed by atoms with van der Waals surface area (Å²) in [5, 5.41) is 20.1. The Morgan fingerprint density at radius 2 is 1.90 bits per heavy atom. The normalized spacial score (nSPS) is 44.2. The molecule has 0 saturated heterocycles. The summed E-state index contributed by atoms with van der Waals surface area (Å²) in [4.78, 5) is 13.4. The van der Waals surface area contributed by atoms with Crippen LogP contribution >= 0.6 is 0 Å². The first-order chi connectivity index (χ1) is 14.0. The maximum Gasteiger partial charge on any atom is 0.159 e. The first kappa shape index (κ1) is 22.1. The van der Waals surface area contributed by atoms with E-state index in [1.165, 1.54) is 18.4 Å². The van der Waals surface area contributed by atoms with Crippen molar-refractivity contribution in [1.29, 1.82) is 0 Å². The summed E-state index contributed by atoms with van der Waals surface area (Å²) in [6, 6.07) is 0. The van der Waals surface area contributed by atoms with E-state index in [-0.39, 0.29) is 22.9 Å². The van der Waals surface area contributed by atoms with Gasteiger partial charge >= 0.3 is 0 Å². The third-order valence-corrected chi connectivity index (χ3v) is 9.50. The predicted octanol–water partition coefficient (Wildman–Crippen LogP) is 4.91. The summed E-state index contributed by atoms with van der Waals surface area (Å²) < 4.78 is 0. The number of aliphatic hydroxyl groups excluding tert-OH is 1. The maximum absolute atomic E-state index is 13.4. The third kappa shape index (κ3) is 3.59. The van der Waals surface area contributed by atoms with E-state index in [9.17, 15) is 15.0 Å². The van der Waals surface area contributed by atoms with Crippen LogP contribution in [0.2, 0.25) is 0 Å². The van der Waals surface area contributed by atoms with Gasteiger partial charge in [-0.15, -0.1) is 5.92 Å². The van der Waals surface area contributed by atoms with Crippen molar-refractivity contribution < 1.29 is 15.0 Å². The second-order valence-corrected chi connectivity index (χ2v) is 11.9. The van der Waals surface area contributed by atoms with Gasteiger partial charge in [-0.2, -0.15) is 0 Å². The number of carbonyl (C=O) groups excluding carboxylic acids is 1. The van der Waals surface area contributed by atoms with Gasteiger partial charge in [0.25, 0.3) is 0 Å². The Bertz CT molecular complexity index is 793. The van der Waals surface area contributed by atoms with Crippen molar-refractivity contribution in [2.45, 2.75) is 97.7 Å². The Morgan fingerprint density at radius 3 is 2.60 bits per heavy atom. The van der Waals surface area contributed by atoms with Crippen LogP contribution in [0.3, 0.4) is 0 Å². The fraction of sp³-hybridized carbons (Fsp3) is 0.815. The average Bonchev–Trinajstić information content (AvgIpc) is 2.99. The van der Waals surface area contributed by atoms with Crippen LogP contribution in [0.4, 0.5) is 0 Å². The van der Waals surface area contributed by atoms with E-state index in [4.69, 9.17) is 0 Å². The topological polar surface area (TPSA) is 57.5 Å². The predicted molar refractivity (Wildman–Crippen MR) is 119 cm³/mol. The fourth-order valence-electron chi connectivity index (χ4n) is 7.93. The second-order valence-electron chi connectivity index (χ2n) is 11.9. The molecule has 8 atom stereocenters. The van der Waals surface area contributed by atoms with Gasteiger partial charge in [-0.05, 0) is 99.4 Å². The molecule has 3 fully saturated rings. The molecule has 0 aliphatic heterocycles. The van der Waals surface area contributed by atoms with Crippen molar-refractivity contribution in [3.63, 3.8) is 0 Å². The van der Waals surface area contributed by atoms with Gasteiger partial charge in [0.15, 0.2) is 5.78 Å². The van der Waals surface area contributed by atoms with Crippen molar-refractivity contribution >= 4 is 5.78 Å². The lowest BCUT2D eigenvalue weighted by atomic mass is 9.46. The van der Waals surface area contributed by atoms with Gasteiger partial charge in [-0.1, -0.05) is 32.3 Å². The molecule has 2 N–H and O–H groups in total. The fourth-order valence-corrected chi connectivity index (χ4v) is 7.93. The molecule has 4 rings (SSSR count). The first-order valence-electron chi connectivity index (χ1n) is 12.1. The highest BCUT2D eigenvalue weighted by Gasteiger charge is 2.61. The molecule has 3 saturated carbocycles. The standard InChI is InChI=1S/C27H40O3/c1-17(7-6-12-25(2,3)30)20-8-9-21-24-22(11-14-27(20,21)5)26(4)13-10-19(28)15-18(26)16-23(24)29/h16-17,19-22,24,28,30H,7-11,13-15H2,1-5H3/t17-,19-,20+,21-,22-,24-,26-,27+/m0/s1. The summed E-state index contributed by atoms with van der Waals surface area (Å²) >= 11 is 0. The highest BCUT2D eigenvalue weighted by molar-refractivity contribution is 5.94. The SMILES string of the molecule is C[C@@H](CC#CC(C)(C)O)[C@H]1CC[C@H]2[C@@H]3C(=O)C=C4C[C@@H](O)CC[C@]4(C)[C@H]3CC[C@]12C. The molecule has 0 unspecified atom stereocenters. The number of hydrogen-bond donors (Lipinski definition) is 2. The Labute approximate surface area is 182 Å². The van der Waals surface area contributed by atoms with Crippen molar-refractivity contribution in [2.24, 2.45) is 40.4 Å². The smallest absolute Gasteiger partial charge is 0.159 e. The zero-order valence-electron chi connectivity index (χ0n) is 19.5. The van der Waals surface area contributed by atoms with Crippen LogP contribution < -0.4 is 0 Å². The van der Waals surface area contributed by atoms with Crippen LogP contribution in [0.5, 0.6) is 0 Å². The minimum absolute atomic E-state index is 0.0982. The van der Waals surface area contributed by atoms with Gasteiger partial charge in [-0.3, -0.25) is 4.79 Å². The van der Waals surface area contributed by atoms with Gasteiger partial charge < -0.3 is 10.2 Å². The zero-order valence-corrected chi connectivity index (χ0v) is 19.5.